The molecule has 1 atom stereocenters. The molecule has 0 saturated carbocycles. The highest BCUT2D eigenvalue weighted by Crippen LogP contribution is 2.16. The Labute approximate surface area is 95.0 Å². The van der Waals surface area contributed by atoms with Crippen LogP contribution >= 0.6 is 11.6 Å². The molecule has 1 aliphatic rings. The Kier molecular flexibility index (Phi) is 4.88. The molecule has 1 heterocycles. The van der Waals surface area contributed by atoms with Gasteiger partial charge in [-0.25, -0.2) is 4.79 Å². The molecule has 1 saturated heterocycles. The van der Waals surface area contributed by atoms with Gasteiger partial charge in [-0.05, 0) is 19.8 Å². The minimum absolute atomic E-state index is 0.173. The lowest BCUT2D eigenvalue weighted by molar-refractivity contribution is -0.117. The third-order valence-electron chi connectivity index (χ3n) is 2.68. The molecule has 0 aliphatic carbocycles. The molecular formula is C10H17ClN2O2. The van der Waals surface area contributed by atoms with Gasteiger partial charge < -0.3 is 4.90 Å². The lowest BCUT2D eigenvalue weighted by Gasteiger charge is -2.26. The number of nitrogens with one attached hydrogen (secondary N) is 1. The Hall–Kier alpha value is -0.770. The van der Waals surface area contributed by atoms with E-state index in [1.807, 2.05) is 6.92 Å². The predicted molar refractivity (Wildman–Crippen MR) is 58.9 cm³/mol. The first-order valence-corrected chi connectivity index (χ1v) is 5.85. The van der Waals surface area contributed by atoms with Crippen LogP contribution in [0.15, 0.2) is 0 Å². The zero-order valence-corrected chi connectivity index (χ0v) is 9.72. The third-order valence-corrected chi connectivity index (χ3v) is 2.92. The number of rotatable bonds is 1. The fourth-order valence-electron chi connectivity index (χ4n) is 1.80. The SMILES string of the molecule is CC1CCCCCN1C(=O)NC(=O)CCl. The summed E-state index contributed by atoms with van der Waals surface area (Å²) in [5.74, 6) is -0.605. The van der Waals surface area contributed by atoms with Crippen molar-refractivity contribution in [1.82, 2.24) is 10.2 Å². The average Bonchev–Trinajstić information content (AvgIpc) is 2.42. The second kappa shape index (κ2) is 5.95. The van der Waals surface area contributed by atoms with Crippen molar-refractivity contribution in [2.45, 2.75) is 38.6 Å². The Morgan fingerprint density at radius 3 is 2.80 bits per heavy atom. The van der Waals surface area contributed by atoms with E-state index < -0.39 is 5.91 Å². The zero-order valence-electron chi connectivity index (χ0n) is 8.96. The van der Waals surface area contributed by atoms with Crippen molar-refractivity contribution in [2.24, 2.45) is 0 Å². The molecule has 0 aromatic rings. The molecule has 3 amide bonds. The van der Waals surface area contributed by atoms with Gasteiger partial charge in [0, 0.05) is 12.6 Å². The maximum atomic E-state index is 11.7. The van der Waals surface area contributed by atoms with Crippen molar-refractivity contribution in [1.29, 1.82) is 0 Å². The van der Waals surface area contributed by atoms with E-state index in [1.54, 1.807) is 4.90 Å². The molecule has 0 bridgehead atoms. The van der Waals surface area contributed by atoms with E-state index in [0.29, 0.717) is 0 Å². The van der Waals surface area contributed by atoms with Crippen LogP contribution in [0.3, 0.4) is 0 Å². The summed E-state index contributed by atoms with van der Waals surface area (Å²) in [5.41, 5.74) is 0. The van der Waals surface area contributed by atoms with Crippen molar-refractivity contribution in [3.8, 4) is 0 Å². The molecule has 1 N–H and O–H groups in total. The highest BCUT2D eigenvalue weighted by molar-refractivity contribution is 6.28. The second-order valence-corrected chi connectivity index (χ2v) is 4.15. The Morgan fingerprint density at radius 2 is 2.13 bits per heavy atom. The zero-order chi connectivity index (χ0) is 11.3. The predicted octanol–water partition coefficient (Wildman–Crippen LogP) is 1.73. The van der Waals surface area contributed by atoms with E-state index in [1.165, 1.54) is 0 Å². The average molecular weight is 233 g/mol. The van der Waals surface area contributed by atoms with Gasteiger partial charge in [-0.15, -0.1) is 11.6 Å². The van der Waals surface area contributed by atoms with Gasteiger partial charge in [0.1, 0.15) is 5.88 Å². The Balaban J connectivity index is 2.52. The molecular weight excluding hydrogens is 216 g/mol. The van der Waals surface area contributed by atoms with E-state index >= 15 is 0 Å². The number of urea groups is 1. The number of amides is 3. The molecule has 0 radical (unpaired) electrons. The van der Waals surface area contributed by atoms with Crippen molar-refractivity contribution >= 4 is 23.5 Å². The molecule has 86 valence electrons. The summed E-state index contributed by atoms with van der Waals surface area (Å²) in [6.45, 7) is 2.73. The summed E-state index contributed by atoms with van der Waals surface area (Å²) in [5, 5.41) is 2.27. The largest absolute Gasteiger partial charge is 0.324 e. The number of hydrogen-bond donors (Lipinski definition) is 1. The van der Waals surface area contributed by atoms with Crippen molar-refractivity contribution in [3.05, 3.63) is 0 Å². The normalized spacial score (nSPS) is 22.0. The van der Waals surface area contributed by atoms with Crippen LogP contribution in [0.5, 0.6) is 0 Å². The summed E-state index contributed by atoms with van der Waals surface area (Å²) < 4.78 is 0. The van der Waals surface area contributed by atoms with Gasteiger partial charge in [0.25, 0.3) is 0 Å². The topological polar surface area (TPSA) is 49.4 Å². The van der Waals surface area contributed by atoms with Crippen LogP contribution in [-0.4, -0.2) is 35.3 Å². The number of nitrogens with zero attached hydrogens (tertiary/aromatic N) is 1. The van der Waals surface area contributed by atoms with Gasteiger partial charge >= 0.3 is 6.03 Å². The lowest BCUT2D eigenvalue weighted by atomic mass is 10.1. The molecule has 15 heavy (non-hydrogen) atoms. The number of imide groups is 1. The Bertz CT molecular complexity index is 246. The highest BCUT2D eigenvalue weighted by Gasteiger charge is 2.22. The summed E-state index contributed by atoms with van der Waals surface area (Å²) >= 11 is 5.32. The molecule has 1 fully saturated rings. The number of hydrogen-bond acceptors (Lipinski definition) is 2. The molecule has 1 unspecified atom stereocenters. The fraction of sp³-hybridized carbons (Fsp3) is 0.800. The molecule has 0 spiro atoms. The summed E-state index contributed by atoms with van der Waals surface area (Å²) in [6.07, 6.45) is 4.31. The summed E-state index contributed by atoms with van der Waals surface area (Å²) in [7, 11) is 0. The van der Waals surface area contributed by atoms with Crippen LogP contribution in [0, 0.1) is 0 Å². The van der Waals surface area contributed by atoms with Crippen LogP contribution in [0.2, 0.25) is 0 Å². The maximum Gasteiger partial charge on any atom is 0.324 e. The second-order valence-electron chi connectivity index (χ2n) is 3.88. The minimum atomic E-state index is -0.432. The van der Waals surface area contributed by atoms with Crippen LogP contribution in [0.4, 0.5) is 4.79 Å². The smallest absolute Gasteiger partial charge is 0.322 e. The van der Waals surface area contributed by atoms with Gasteiger partial charge in [-0.3, -0.25) is 10.1 Å². The highest BCUT2D eigenvalue weighted by atomic mass is 35.5. The van der Waals surface area contributed by atoms with E-state index in [9.17, 15) is 9.59 Å². The van der Waals surface area contributed by atoms with Crippen LogP contribution in [-0.2, 0) is 4.79 Å². The molecule has 5 heteroatoms. The van der Waals surface area contributed by atoms with Gasteiger partial charge in [0.2, 0.25) is 5.91 Å². The van der Waals surface area contributed by atoms with Gasteiger partial charge in [0.05, 0.1) is 0 Å². The maximum absolute atomic E-state index is 11.7. The van der Waals surface area contributed by atoms with Crippen LogP contribution < -0.4 is 5.32 Å². The number of likely N-dealkylation sites (tertiary alicyclic amines) is 1. The standard InChI is InChI=1S/C10H17ClN2O2/c1-8-5-3-2-4-6-13(8)10(15)12-9(14)7-11/h8H,2-7H2,1H3,(H,12,14,15). The first kappa shape index (κ1) is 12.3. The van der Waals surface area contributed by atoms with Gasteiger partial charge in [-0.1, -0.05) is 12.8 Å². The minimum Gasteiger partial charge on any atom is -0.322 e. The molecule has 0 aromatic carbocycles. The van der Waals surface area contributed by atoms with E-state index in [0.717, 1.165) is 32.2 Å². The number of alkyl halides is 1. The molecule has 1 rings (SSSR count). The summed E-state index contributed by atoms with van der Waals surface area (Å²) in [6, 6.07) is -0.106. The van der Waals surface area contributed by atoms with E-state index in [4.69, 9.17) is 11.6 Å². The van der Waals surface area contributed by atoms with Crippen LogP contribution in [0.1, 0.15) is 32.6 Å². The van der Waals surface area contributed by atoms with Gasteiger partial charge in [-0.2, -0.15) is 0 Å². The van der Waals surface area contributed by atoms with Crippen molar-refractivity contribution in [2.75, 3.05) is 12.4 Å². The molecule has 0 aromatic heterocycles. The number of halogens is 1. The van der Waals surface area contributed by atoms with Crippen molar-refractivity contribution < 1.29 is 9.59 Å². The first-order valence-electron chi connectivity index (χ1n) is 5.31. The fourth-order valence-corrected chi connectivity index (χ4v) is 1.87. The molecule has 1 aliphatic heterocycles. The summed E-state index contributed by atoms with van der Waals surface area (Å²) in [4.78, 5) is 24.4. The third kappa shape index (κ3) is 3.70. The van der Waals surface area contributed by atoms with Crippen LogP contribution in [0.25, 0.3) is 0 Å². The van der Waals surface area contributed by atoms with Gasteiger partial charge in [0.15, 0.2) is 0 Å². The first-order chi connectivity index (χ1) is 7.15. The monoisotopic (exact) mass is 232 g/mol. The number of carbonyl (C=O) groups is 2. The van der Waals surface area contributed by atoms with E-state index in [-0.39, 0.29) is 18.0 Å². The quantitative estimate of drug-likeness (QED) is 0.700. The van der Waals surface area contributed by atoms with Crippen molar-refractivity contribution in [3.63, 3.8) is 0 Å². The lowest BCUT2D eigenvalue weighted by Crippen LogP contribution is -2.47. The van der Waals surface area contributed by atoms with E-state index in [2.05, 4.69) is 5.32 Å². The Morgan fingerprint density at radius 1 is 1.40 bits per heavy atom. The number of carbonyl (C=O) groups excluding carboxylic acids is 2. The molecule has 4 nitrogen and oxygen atoms in total.